The van der Waals surface area contributed by atoms with Crippen molar-refractivity contribution in [2.24, 2.45) is 0 Å². The van der Waals surface area contributed by atoms with Crippen LogP contribution in [0.4, 0.5) is 28.4 Å². The molecule has 3 heterocycles. The third kappa shape index (κ3) is 5.30. The Morgan fingerprint density at radius 1 is 0.429 bits per heavy atom. The molecule has 326 valence electrons. The molecule has 0 amide bonds. The number of para-hydroxylation sites is 4. The minimum absolute atomic E-state index is 0.0950. The zero-order valence-corrected chi connectivity index (χ0v) is 37.9. The molecule has 0 radical (unpaired) electrons. The van der Waals surface area contributed by atoms with Gasteiger partial charge in [-0.05, 0) is 150 Å². The molecule has 0 fully saturated rings. The zero-order chi connectivity index (χ0) is 45.6. The van der Waals surface area contributed by atoms with E-state index in [0.29, 0.717) is 0 Å². The summed E-state index contributed by atoms with van der Waals surface area (Å²) in [7, 11) is 0. The predicted molar refractivity (Wildman–Crippen MR) is 292 cm³/mol. The average Bonchev–Trinajstić information content (AvgIpc) is 3.96. The van der Waals surface area contributed by atoms with Gasteiger partial charge in [0.1, 0.15) is 11.2 Å². The molecule has 16 rings (SSSR count). The van der Waals surface area contributed by atoms with Gasteiger partial charge in [-0.3, -0.25) is 0 Å². The maximum Gasteiger partial charge on any atom is 0.152 e. The van der Waals surface area contributed by atoms with E-state index in [1.807, 2.05) is 0 Å². The molecule has 0 saturated carbocycles. The molecule has 0 N–H and O–H groups in total. The van der Waals surface area contributed by atoms with Gasteiger partial charge in [0.05, 0.1) is 28.5 Å². The standard InChI is InChI=1S/C66H40N2O2/c1-3-16-48-43(12-1)34-44-13-2-4-17-49(44)63(48)40-26-30-47(31-27-40)67-56-21-8-10-23-60(56)69-61-38-42(29-33-57(61)67)41-28-32-55-52(35-41)50-18-5-7-20-54(50)68(55)58-37-45-15-11-14-39-24-25-46-36-53-51-19-6-9-22-59(51)70-66(53)65(58)64(46)62(39)45/h1-31,33-38,55H,32H2. The summed E-state index contributed by atoms with van der Waals surface area (Å²) >= 11 is 0. The summed E-state index contributed by atoms with van der Waals surface area (Å²) in [6, 6.07) is 77.4. The molecular weight excluding hydrogens is 853 g/mol. The summed E-state index contributed by atoms with van der Waals surface area (Å²) in [4.78, 5) is 4.94. The SMILES string of the molecule is C1=C(c2ccc3c(c2)Oc2ccccc2N3c2ccc(-c3c4ccccc4cc4ccccc34)cc2)C=C2c3ccccc3N(c3cc4cccc5ccc6cc7c8ccccc8oc7c3c6c54)C2C1. The van der Waals surface area contributed by atoms with E-state index < -0.39 is 0 Å². The van der Waals surface area contributed by atoms with Gasteiger partial charge in [-0.15, -0.1) is 0 Å². The predicted octanol–water partition coefficient (Wildman–Crippen LogP) is 18.4. The average molecular weight is 893 g/mol. The maximum absolute atomic E-state index is 6.89. The molecule has 0 saturated heterocycles. The Hall–Kier alpha value is -9.12. The van der Waals surface area contributed by atoms with E-state index in [9.17, 15) is 0 Å². The van der Waals surface area contributed by atoms with Crippen LogP contribution in [0, 0.1) is 0 Å². The second kappa shape index (κ2) is 14.2. The maximum atomic E-state index is 6.89. The molecule has 1 aromatic heterocycles. The summed E-state index contributed by atoms with van der Waals surface area (Å²) in [5.74, 6) is 1.66. The van der Waals surface area contributed by atoms with Gasteiger partial charge in [0, 0.05) is 33.1 Å². The van der Waals surface area contributed by atoms with Crippen LogP contribution in [0.15, 0.2) is 229 Å². The smallest absolute Gasteiger partial charge is 0.152 e. The van der Waals surface area contributed by atoms with E-state index in [4.69, 9.17) is 9.15 Å². The lowest BCUT2D eigenvalue weighted by Gasteiger charge is -2.33. The van der Waals surface area contributed by atoms with Crippen molar-refractivity contribution in [2.75, 3.05) is 9.80 Å². The molecular formula is C66H40N2O2. The van der Waals surface area contributed by atoms with Crippen LogP contribution in [-0.4, -0.2) is 6.04 Å². The number of ether oxygens (including phenoxy) is 1. The van der Waals surface area contributed by atoms with E-state index in [2.05, 4.69) is 234 Å². The monoisotopic (exact) mass is 892 g/mol. The van der Waals surface area contributed by atoms with Gasteiger partial charge in [0.25, 0.3) is 0 Å². The van der Waals surface area contributed by atoms with E-state index in [1.54, 1.807) is 0 Å². The molecule has 0 spiro atoms. The highest BCUT2D eigenvalue weighted by atomic mass is 16.5. The number of fused-ring (bicyclic) bond motifs is 11. The summed E-state index contributed by atoms with van der Waals surface area (Å²) < 4.78 is 13.7. The first-order chi connectivity index (χ1) is 34.7. The Bertz CT molecular complexity index is 4390. The molecule has 1 atom stereocenters. The molecule has 12 aromatic carbocycles. The van der Waals surface area contributed by atoms with Gasteiger partial charge in [-0.25, -0.2) is 0 Å². The first-order valence-corrected chi connectivity index (χ1v) is 24.2. The van der Waals surface area contributed by atoms with Crippen molar-refractivity contribution in [3.05, 3.63) is 236 Å². The lowest BCUT2D eigenvalue weighted by Crippen LogP contribution is -2.27. The minimum atomic E-state index is 0.0950. The zero-order valence-electron chi connectivity index (χ0n) is 37.9. The number of nitrogens with zero attached hydrogens (tertiary/aromatic N) is 2. The van der Waals surface area contributed by atoms with Gasteiger partial charge in [-0.2, -0.15) is 0 Å². The largest absolute Gasteiger partial charge is 0.455 e. The Balaban J connectivity index is 0.803. The fourth-order valence-electron chi connectivity index (χ4n) is 12.4. The number of anilines is 5. The number of rotatable bonds is 4. The van der Waals surface area contributed by atoms with Gasteiger partial charge in [-0.1, -0.05) is 152 Å². The lowest BCUT2D eigenvalue weighted by molar-refractivity contribution is 0.477. The number of hydrogen-bond donors (Lipinski definition) is 0. The summed E-state index contributed by atoms with van der Waals surface area (Å²) in [6.07, 6.45) is 5.69. The van der Waals surface area contributed by atoms with Crippen LogP contribution in [-0.2, 0) is 0 Å². The second-order valence-corrected chi connectivity index (χ2v) is 19.1. The number of furan rings is 1. The molecule has 70 heavy (non-hydrogen) atoms. The topological polar surface area (TPSA) is 28.9 Å². The lowest BCUT2D eigenvalue weighted by atomic mass is 9.88. The highest BCUT2D eigenvalue weighted by Gasteiger charge is 2.38. The third-order valence-electron chi connectivity index (χ3n) is 15.4. The quantitative estimate of drug-likeness (QED) is 0.130. The van der Waals surface area contributed by atoms with Crippen molar-refractivity contribution in [1.82, 2.24) is 0 Å². The summed E-state index contributed by atoms with van der Waals surface area (Å²) in [5, 5.41) is 14.7. The molecule has 3 aliphatic rings. The summed E-state index contributed by atoms with van der Waals surface area (Å²) in [6.45, 7) is 0. The van der Waals surface area contributed by atoms with Crippen LogP contribution < -0.4 is 14.5 Å². The molecule has 13 aromatic rings. The fourth-order valence-corrected chi connectivity index (χ4v) is 12.4. The molecule has 0 bridgehead atoms. The van der Waals surface area contributed by atoms with E-state index in [-0.39, 0.29) is 6.04 Å². The highest BCUT2D eigenvalue weighted by molar-refractivity contribution is 6.34. The summed E-state index contributed by atoms with van der Waals surface area (Å²) in [5.41, 5.74) is 14.7. The molecule has 1 aliphatic carbocycles. The van der Waals surface area contributed by atoms with Crippen LogP contribution in [0.25, 0.3) is 98.1 Å². The first kappa shape index (κ1) is 37.9. The van der Waals surface area contributed by atoms with Crippen molar-refractivity contribution >= 4 is 115 Å². The Morgan fingerprint density at radius 2 is 1.10 bits per heavy atom. The Morgan fingerprint density at radius 3 is 1.96 bits per heavy atom. The number of allylic oxidation sites excluding steroid dienone is 2. The van der Waals surface area contributed by atoms with Crippen molar-refractivity contribution in [2.45, 2.75) is 12.5 Å². The number of benzene rings is 12. The van der Waals surface area contributed by atoms with E-state index in [0.717, 1.165) is 62.5 Å². The highest BCUT2D eigenvalue weighted by Crippen LogP contribution is 2.56. The molecule has 1 unspecified atom stereocenters. The molecule has 4 nitrogen and oxygen atoms in total. The van der Waals surface area contributed by atoms with Gasteiger partial charge in [0.15, 0.2) is 11.5 Å². The van der Waals surface area contributed by atoms with Gasteiger partial charge < -0.3 is 19.0 Å². The van der Waals surface area contributed by atoms with Gasteiger partial charge in [0.2, 0.25) is 0 Å². The van der Waals surface area contributed by atoms with Crippen LogP contribution in [0.3, 0.4) is 0 Å². The molecule has 2 aliphatic heterocycles. The van der Waals surface area contributed by atoms with E-state index >= 15 is 0 Å². The Labute approximate surface area is 403 Å². The molecule has 4 heteroatoms. The van der Waals surface area contributed by atoms with Crippen molar-refractivity contribution in [1.29, 1.82) is 0 Å². The van der Waals surface area contributed by atoms with Crippen LogP contribution in [0.2, 0.25) is 0 Å². The van der Waals surface area contributed by atoms with Crippen molar-refractivity contribution < 1.29 is 9.15 Å². The Kier molecular flexibility index (Phi) is 7.69. The third-order valence-corrected chi connectivity index (χ3v) is 15.4. The van der Waals surface area contributed by atoms with Crippen LogP contribution in [0.5, 0.6) is 11.5 Å². The van der Waals surface area contributed by atoms with Crippen molar-refractivity contribution in [3.8, 4) is 22.6 Å². The minimum Gasteiger partial charge on any atom is -0.455 e. The van der Waals surface area contributed by atoms with Crippen LogP contribution in [0.1, 0.15) is 17.5 Å². The normalized spacial score (nSPS) is 15.2. The second-order valence-electron chi connectivity index (χ2n) is 19.1. The van der Waals surface area contributed by atoms with Crippen LogP contribution >= 0.6 is 0 Å². The fraction of sp³-hybridized carbons (Fsp3) is 0.0303. The van der Waals surface area contributed by atoms with E-state index in [1.165, 1.54) is 93.1 Å². The first-order valence-electron chi connectivity index (χ1n) is 24.2. The van der Waals surface area contributed by atoms with Crippen molar-refractivity contribution in [3.63, 3.8) is 0 Å². The number of hydrogen-bond acceptors (Lipinski definition) is 4. The van der Waals surface area contributed by atoms with Gasteiger partial charge >= 0.3 is 0 Å².